The molecule has 7 nitrogen and oxygen atoms in total. The van der Waals surface area contributed by atoms with Gasteiger partial charge in [-0.2, -0.15) is 5.10 Å². The minimum absolute atomic E-state index is 0. The lowest BCUT2D eigenvalue weighted by atomic mass is 10.1. The molecule has 2 aromatic rings. The first kappa shape index (κ1) is 22.7. The van der Waals surface area contributed by atoms with Crippen molar-refractivity contribution in [1.29, 1.82) is 0 Å². The molecule has 0 spiro atoms. The predicted molar refractivity (Wildman–Crippen MR) is 102 cm³/mol. The summed E-state index contributed by atoms with van der Waals surface area (Å²) in [6.07, 6.45) is 1.31. The number of carbonyl (C=O) groups excluding carboxylic acids is 2. The summed E-state index contributed by atoms with van der Waals surface area (Å²) in [7, 11) is 0. The topological polar surface area (TPSA) is 90.1 Å². The number of nitrogens with one attached hydrogen (secondary N) is 3. The van der Waals surface area contributed by atoms with Gasteiger partial charge in [0.25, 0.3) is 5.91 Å². The van der Waals surface area contributed by atoms with Crippen LogP contribution in [0.4, 0.5) is 18.9 Å². The summed E-state index contributed by atoms with van der Waals surface area (Å²) in [4.78, 5) is 26.4. The van der Waals surface area contributed by atoms with E-state index in [0.29, 0.717) is 19.0 Å². The van der Waals surface area contributed by atoms with Gasteiger partial charge in [-0.05, 0) is 18.6 Å². The third-order valence-electron chi connectivity index (χ3n) is 4.43. The molecular weight excluding hydrogens is 411 g/mol. The Morgan fingerprint density at radius 3 is 2.72 bits per heavy atom. The van der Waals surface area contributed by atoms with Gasteiger partial charge in [0.2, 0.25) is 5.91 Å². The van der Waals surface area contributed by atoms with Crippen LogP contribution in [0.2, 0.25) is 0 Å². The first-order valence-electron chi connectivity index (χ1n) is 8.91. The Hall–Kier alpha value is -2.59. The van der Waals surface area contributed by atoms with Crippen LogP contribution >= 0.6 is 12.4 Å². The van der Waals surface area contributed by atoms with Gasteiger partial charge in [0, 0.05) is 37.3 Å². The number of aromatic amines is 1. The summed E-state index contributed by atoms with van der Waals surface area (Å²) in [5.41, 5.74) is 1.40. The van der Waals surface area contributed by atoms with Gasteiger partial charge < -0.3 is 15.5 Å². The summed E-state index contributed by atoms with van der Waals surface area (Å²) in [5.74, 6) is -5.67. The summed E-state index contributed by atoms with van der Waals surface area (Å²) in [5, 5.41) is 12.3. The van der Waals surface area contributed by atoms with Gasteiger partial charge in [0.15, 0.2) is 23.1 Å². The minimum atomic E-state index is -1.67. The summed E-state index contributed by atoms with van der Waals surface area (Å²) < 4.78 is 40.1. The number of benzene rings is 1. The monoisotopic (exact) mass is 431 g/mol. The van der Waals surface area contributed by atoms with Crippen LogP contribution < -0.4 is 10.6 Å². The van der Waals surface area contributed by atoms with E-state index in [-0.39, 0.29) is 31.2 Å². The van der Waals surface area contributed by atoms with Gasteiger partial charge in [-0.1, -0.05) is 6.92 Å². The third-order valence-corrected chi connectivity index (χ3v) is 4.43. The van der Waals surface area contributed by atoms with E-state index in [9.17, 15) is 22.8 Å². The van der Waals surface area contributed by atoms with Gasteiger partial charge in [0.05, 0.1) is 5.69 Å². The van der Waals surface area contributed by atoms with Crippen LogP contribution in [0.25, 0.3) is 0 Å². The number of nitrogens with zero attached hydrogens (tertiary/aromatic N) is 2. The van der Waals surface area contributed by atoms with Gasteiger partial charge in [-0.3, -0.25) is 14.7 Å². The van der Waals surface area contributed by atoms with Crippen molar-refractivity contribution in [2.24, 2.45) is 0 Å². The van der Waals surface area contributed by atoms with Crippen molar-refractivity contribution in [1.82, 2.24) is 20.4 Å². The Morgan fingerprint density at radius 1 is 1.24 bits per heavy atom. The van der Waals surface area contributed by atoms with Crippen molar-refractivity contribution in [2.75, 3.05) is 25.0 Å². The molecule has 3 N–H and O–H groups in total. The van der Waals surface area contributed by atoms with E-state index in [0.717, 1.165) is 30.3 Å². The number of hydrogen-bond acceptors (Lipinski definition) is 4. The van der Waals surface area contributed by atoms with Crippen molar-refractivity contribution in [2.45, 2.75) is 26.3 Å². The molecule has 1 aromatic carbocycles. The Labute approximate surface area is 171 Å². The van der Waals surface area contributed by atoms with E-state index in [2.05, 4.69) is 20.8 Å². The SMILES string of the molecule is CCCN(CC(=O)Nc1ccc(F)c(F)c1F)C(=O)c1n[nH]c2c1CNCC2.Cl. The lowest BCUT2D eigenvalue weighted by Gasteiger charge is -2.22. The highest BCUT2D eigenvalue weighted by molar-refractivity contribution is 5.99. The summed E-state index contributed by atoms with van der Waals surface area (Å²) in [6.45, 7) is 3.03. The molecule has 0 unspecified atom stereocenters. The average molecular weight is 432 g/mol. The molecule has 3 rings (SSSR count). The number of fused-ring (bicyclic) bond motifs is 1. The highest BCUT2D eigenvalue weighted by Gasteiger charge is 2.27. The highest BCUT2D eigenvalue weighted by Crippen LogP contribution is 2.20. The number of anilines is 1. The number of H-pyrrole nitrogens is 1. The van der Waals surface area contributed by atoms with E-state index < -0.39 is 35.0 Å². The summed E-state index contributed by atoms with van der Waals surface area (Å²) >= 11 is 0. The molecule has 11 heteroatoms. The van der Waals surface area contributed by atoms with Crippen molar-refractivity contribution in [3.8, 4) is 0 Å². The molecule has 0 aliphatic carbocycles. The zero-order chi connectivity index (χ0) is 20.3. The molecule has 1 aliphatic rings. The van der Waals surface area contributed by atoms with E-state index in [1.165, 1.54) is 4.90 Å². The van der Waals surface area contributed by atoms with Crippen molar-refractivity contribution in [3.05, 3.63) is 46.5 Å². The molecule has 0 fully saturated rings. The van der Waals surface area contributed by atoms with Crippen molar-refractivity contribution < 1.29 is 22.8 Å². The Kier molecular flexibility index (Phi) is 7.63. The van der Waals surface area contributed by atoms with Crippen LogP contribution in [0.1, 0.15) is 35.1 Å². The molecule has 0 saturated heterocycles. The molecule has 158 valence electrons. The number of hydrogen-bond donors (Lipinski definition) is 3. The van der Waals surface area contributed by atoms with E-state index in [1.807, 2.05) is 6.92 Å². The maximum Gasteiger partial charge on any atom is 0.275 e. The molecule has 0 atom stereocenters. The lowest BCUT2D eigenvalue weighted by molar-refractivity contribution is -0.116. The molecule has 0 radical (unpaired) electrons. The smallest absolute Gasteiger partial charge is 0.275 e. The number of carbonyl (C=O) groups is 2. The largest absolute Gasteiger partial charge is 0.328 e. The molecule has 2 heterocycles. The van der Waals surface area contributed by atoms with Crippen molar-refractivity contribution in [3.63, 3.8) is 0 Å². The van der Waals surface area contributed by atoms with Crippen molar-refractivity contribution >= 4 is 29.9 Å². The number of halogens is 4. The number of rotatable bonds is 6. The van der Waals surface area contributed by atoms with E-state index in [4.69, 9.17) is 0 Å². The molecular formula is C18H21ClF3N5O2. The second kappa shape index (κ2) is 9.75. The second-order valence-corrected chi connectivity index (χ2v) is 6.45. The maximum atomic E-state index is 13.7. The number of amides is 2. The lowest BCUT2D eigenvalue weighted by Crippen LogP contribution is -2.39. The van der Waals surface area contributed by atoms with Crippen LogP contribution in [0.5, 0.6) is 0 Å². The van der Waals surface area contributed by atoms with Crippen LogP contribution in [0, 0.1) is 17.5 Å². The standard InChI is InChI=1S/C18H20F3N5O2.ClH/c1-2-7-26(18(28)17-10-8-22-6-5-12(10)24-25-17)9-14(27)23-13-4-3-11(19)15(20)16(13)21;/h3-4,22H,2,5-9H2,1H3,(H,23,27)(H,24,25);1H. The minimum Gasteiger partial charge on any atom is -0.328 e. The van der Waals surface area contributed by atoms with Gasteiger partial charge >= 0.3 is 0 Å². The quantitative estimate of drug-likeness (QED) is 0.613. The molecule has 1 aliphatic heterocycles. The zero-order valence-corrected chi connectivity index (χ0v) is 16.5. The summed E-state index contributed by atoms with van der Waals surface area (Å²) in [6, 6.07) is 1.64. The van der Waals surface area contributed by atoms with Crippen LogP contribution in [-0.2, 0) is 17.8 Å². The molecule has 0 bridgehead atoms. The fraction of sp³-hybridized carbons (Fsp3) is 0.389. The van der Waals surface area contributed by atoms with E-state index >= 15 is 0 Å². The second-order valence-electron chi connectivity index (χ2n) is 6.45. The molecule has 0 saturated carbocycles. The van der Waals surface area contributed by atoms with Crippen LogP contribution in [0.3, 0.4) is 0 Å². The van der Waals surface area contributed by atoms with Gasteiger partial charge in [0.1, 0.15) is 6.54 Å². The van der Waals surface area contributed by atoms with Crippen LogP contribution in [0.15, 0.2) is 12.1 Å². The third kappa shape index (κ3) is 4.88. The van der Waals surface area contributed by atoms with Gasteiger partial charge in [-0.15, -0.1) is 12.4 Å². The van der Waals surface area contributed by atoms with E-state index in [1.54, 1.807) is 0 Å². The molecule has 1 aromatic heterocycles. The fourth-order valence-corrected chi connectivity index (χ4v) is 3.06. The molecule has 29 heavy (non-hydrogen) atoms. The predicted octanol–water partition coefficient (Wildman–Crippen LogP) is 2.39. The van der Waals surface area contributed by atoms with Gasteiger partial charge in [-0.25, -0.2) is 13.2 Å². The first-order valence-corrected chi connectivity index (χ1v) is 8.91. The van der Waals surface area contributed by atoms with Crippen LogP contribution in [-0.4, -0.2) is 46.5 Å². The zero-order valence-electron chi connectivity index (χ0n) is 15.7. The molecule has 2 amide bonds. The Bertz CT molecular complexity index is 906. The normalized spacial score (nSPS) is 12.7. The first-order chi connectivity index (χ1) is 13.4. The Morgan fingerprint density at radius 2 is 2.00 bits per heavy atom. The fourth-order valence-electron chi connectivity index (χ4n) is 3.06. The number of aromatic nitrogens is 2. The maximum absolute atomic E-state index is 13.7. The Balaban J connectivity index is 0.00000300. The highest BCUT2D eigenvalue weighted by atomic mass is 35.5. The average Bonchev–Trinajstić information content (AvgIpc) is 3.12.